The third-order valence-electron chi connectivity index (χ3n) is 1.64. The van der Waals surface area contributed by atoms with Gasteiger partial charge < -0.3 is 9.43 Å². The Bertz CT molecular complexity index is 257. The Hall–Kier alpha value is -0.396. The van der Waals surface area contributed by atoms with Gasteiger partial charge in [0.2, 0.25) is 5.91 Å². The van der Waals surface area contributed by atoms with Gasteiger partial charge in [0.15, 0.2) is 16.6 Å². The van der Waals surface area contributed by atoms with Gasteiger partial charge in [-0.1, -0.05) is 6.58 Å². The van der Waals surface area contributed by atoms with E-state index in [4.69, 9.17) is 4.12 Å². The maximum absolute atomic E-state index is 11.3. The first-order chi connectivity index (χ1) is 6.53. The smallest absolute Gasteiger partial charge is 0.246 e. The predicted molar refractivity (Wildman–Crippen MR) is 69.7 cm³/mol. The van der Waals surface area contributed by atoms with Crippen molar-refractivity contribution < 1.29 is 8.91 Å². The largest absolute Gasteiger partial charge is 0.455 e. The van der Waals surface area contributed by atoms with Crippen LogP contribution in [0.3, 0.4) is 0 Å². The van der Waals surface area contributed by atoms with Gasteiger partial charge in [-0.25, -0.2) is 0 Å². The Labute approximate surface area is 95.2 Å². The monoisotopic (exact) mass is 245 g/mol. The Balaban J connectivity index is 4.16. The van der Waals surface area contributed by atoms with E-state index in [-0.39, 0.29) is 5.91 Å². The summed E-state index contributed by atoms with van der Waals surface area (Å²) in [5.74, 6) is -0.0743. The highest BCUT2D eigenvalue weighted by atomic mass is 28.4. The quantitative estimate of drug-likeness (QED) is 0.596. The summed E-state index contributed by atoms with van der Waals surface area (Å²) < 4.78 is 6.09. The van der Waals surface area contributed by atoms with E-state index >= 15 is 0 Å². The standard InChI is InChI=1S/C10H23NO2Si2/c1-9(2)10(12)11-8-15(6,7)13-14(3,4)5/h1,8H2,2-7H3,(H,11,12). The summed E-state index contributed by atoms with van der Waals surface area (Å²) in [6.45, 7) is 16.1. The molecule has 1 N–H and O–H groups in total. The Kier molecular flexibility index (Phi) is 4.96. The van der Waals surface area contributed by atoms with Crippen LogP contribution in [0.1, 0.15) is 6.92 Å². The predicted octanol–water partition coefficient (Wildman–Crippen LogP) is 2.27. The second kappa shape index (κ2) is 5.09. The van der Waals surface area contributed by atoms with Crippen LogP contribution in [0.2, 0.25) is 32.7 Å². The van der Waals surface area contributed by atoms with Crippen LogP contribution in [-0.2, 0) is 8.91 Å². The molecule has 1 amide bonds. The number of rotatable bonds is 5. The van der Waals surface area contributed by atoms with E-state index in [2.05, 4.69) is 44.6 Å². The molecule has 0 bridgehead atoms. The van der Waals surface area contributed by atoms with Gasteiger partial charge in [-0.3, -0.25) is 4.79 Å². The van der Waals surface area contributed by atoms with Crippen LogP contribution in [-0.4, -0.2) is 28.7 Å². The number of carbonyl (C=O) groups excluding carboxylic acids is 1. The third-order valence-corrected chi connectivity index (χ3v) is 7.33. The van der Waals surface area contributed by atoms with Crippen molar-refractivity contribution in [3.8, 4) is 0 Å². The lowest BCUT2D eigenvalue weighted by atomic mass is 10.3. The molecule has 0 heterocycles. The molecule has 0 rings (SSSR count). The van der Waals surface area contributed by atoms with E-state index in [1.807, 2.05) is 0 Å². The molecule has 0 aromatic carbocycles. The Morgan fingerprint density at radius 1 is 1.27 bits per heavy atom. The van der Waals surface area contributed by atoms with Crippen LogP contribution in [0.5, 0.6) is 0 Å². The zero-order chi connectivity index (χ0) is 12.3. The van der Waals surface area contributed by atoms with Crippen LogP contribution < -0.4 is 5.32 Å². The van der Waals surface area contributed by atoms with Crippen LogP contribution >= 0.6 is 0 Å². The molecule has 0 aliphatic heterocycles. The molecular weight excluding hydrogens is 222 g/mol. The topological polar surface area (TPSA) is 38.3 Å². The molecule has 0 unspecified atom stereocenters. The summed E-state index contributed by atoms with van der Waals surface area (Å²) in [6, 6.07) is 0. The molecule has 0 aromatic rings. The average Bonchev–Trinajstić information content (AvgIpc) is 1.95. The highest BCUT2D eigenvalue weighted by Gasteiger charge is 2.29. The lowest BCUT2D eigenvalue weighted by Crippen LogP contribution is -2.50. The fraction of sp³-hybridized carbons (Fsp3) is 0.700. The SMILES string of the molecule is C=C(C)C(=O)NC[Si](C)(C)O[Si](C)(C)C. The molecule has 15 heavy (non-hydrogen) atoms. The summed E-state index contributed by atoms with van der Waals surface area (Å²) in [4.78, 5) is 11.3. The first kappa shape index (κ1) is 14.6. The molecule has 0 spiro atoms. The van der Waals surface area contributed by atoms with E-state index in [1.165, 1.54) is 0 Å². The van der Waals surface area contributed by atoms with Crippen molar-refractivity contribution >= 4 is 22.5 Å². The molecular formula is C10H23NO2Si2. The number of carbonyl (C=O) groups is 1. The summed E-state index contributed by atoms with van der Waals surface area (Å²) in [6.07, 6.45) is 0.656. The van der Waals surface area contributed by atoms with Gasteiger partial charge in [0, 0.05) is 11.7 Å². The van der Waals surface area contributed by atoms with Crippen molar-refractivity contribution in [2.45, 2.75) is 39.7 Å². The van der Waals surface area contributed by atoms with Crippen LogP contribution in [0.4, 0.5) is 0 Å². The van der Waals surface area contributed by atoms with Gasteiger partial charge in [0.05, 0.1) is 0 Å². The van der Waals surface area contributed by atoms with E-state index in [0.717, 1.165) is 0 Å². The van der Waals surface area contributed by atoms with Crippen molar-refractivity contribution in [3.63, 3.8) is 0 Å². The molecule has 0 atom stereocenters. The van der Waals surface area contributed by atoms with E-state index in [1.54, 1.807) is 6.92 Å². The molecule has 0 fully saturated rings. The van der Waals surface area contributed by atoms with Crippen molar-refractivity contribution in [2.24, 2.45) is 0 Å². The van der Waals surface area contributed by atoms with Crippen molar-refractivity contribution in [2.75, 3.05) is 6.17 Å². The lowest BCUT2D eigenvalue weighted by Gasteiger charge is -2.31. The fourth-order valence-corrected chi connectivity index (χ4v) is 8.81. The second-order valence-electron chi connectivity index (χ2n) is 5.44. The zero-order valence-electron chi connectivity index (χ0n) is 10.7. The van der Waals surface area contributed by atoms with E-state index < -0.39 is 16.6 Å². The molecule has 0 saturated heterocycles. The van der Waals surface area contributed by atoms with Crippen molar-refractivity contribution in [1.29, 1.82) is 0 Å². The highest BCUT2D eigenvalue weighted by molar-refractivity contribution is 6.84. The molecule has 88 valence electrons. The summed E-state index contributed by atoms with van der Waals surface area (Å²) in [7, 11) is -3.26. The highest BCUT2D eigenvalue weighted by Crippen LogP contribution is 2.13. The molecule has 3 nitrogen and oxygen atoms in total. The van der Waals surface area contributed by atoms with Gasteiger partial charge in [0.25, 0.3) is 0 Å². The summed E-state index contributed by atoms with van der Waals surface area (Å²) in [5.41, 5.74) is 0.549. The number of amides is 1. The second-order valence-corrected chi connectivity index (χ2v) is 14.4. The van der Waals surface area contributed by atoms with Gasteiger partial charge in [-0.2, -0.15) is 0 Å². The van der Waals surface area contributed by atoms with Gasteiger partial charge in [-0.15, -0.1) is 0 Å². The Morgan fingerprint density at radius 2 is 1.73 bits per heavy atom. The third kappa shape index (κ3) is 7.52. The maximum atomic E-state index is 11.3. The van der Waals surface area contributed by atoms with Crippen LogP contribution in [0.25, 0.3) is 0 Å². The zero-order valence-corrected chi connectivity index (χ0v) is 12.7. The lowest BCUT2D eigenvalue weighted by molar-refractivity contribution is -0.117. The minimum Gasteiger partial charge on any atom is -0.455 e. The first-order valence-electron chi connectivity index (χ1n) is 5.17. The number of nitrogens with one attached hydrogen (secondary N) is 1. The minimum absolute atomic E-state index is 0.0743. The number of hydrogen-bond donors (Lipinski definition) is 1. The van der Waals surface area contributed by atoms with Crippen LogP contribution in [0.15, 0.2) is 12.2 Å². The van der Waals surface area contributed by atoms with E-state index in [9.17, 15) is 4.79 Å². The molecule has 0 aliphatic rings. The van der Waals surface area contributed by atoms with Crippen molar-refractivity contribution in [1.82, 2.24) is 5.32 Å². The fourth-order valence-electron chi connectivity index (χ4n) is 1.31. The maximum Gasteiger partial charge on any atom is 0.246 e. The summed E-state index contributed by atoms with van der Waals surface area (Å²) >= 11 is 0. The van der Waals surface area contributed by atoms with Gasteiger partial charge >= 0.3 is 0 Å². The van der Waals surface area contributed by atoms with E-state index in [0.29, 0.717) is 11.7 Å². The first-order valence-corrected chi connectivity index (χ1v) is 11.7. The molecule has 5 heteroatoms. The van der Waals surface area contributed by atoms with Crippen molar-refractivity contribution in [3.05, 3.63) is 12.2 Å². The molecule has 0 aromatic heterocycles. The normalized spacial score (nSPS) is 12.4. The van der Waals surface area contributed by atoms with Gasteiger partial charge in [0.1, 0.15) is 0 Å². The van der Waals surface area contributed by atoms with Crippen LogP contribution in [0, 0.1) is 0 Å². The summed E-state index contributed by atoms with van der Waals surface area (Å²) in [5, 5.41) is 2.87. The Morgan fingerprint density at radius 3 is 2.07 bits per heavy atom. The molecule has 0 aliphatic carbocycles. The van der Waals surface area contributed by atoms with Gasteiger partial charge in [-0.05, 0) is 39.7 Å². The molecule has 0 radical (unpaired) electrons. The average molecular weight is 245 g/mol. The minimum atomic E-state index is -1.76. The number of hydrogen-bond acceptors (Lipinski definition) is 2. The molecule has 0 saturated carbocycles.